The summed E-state index contributed by atoms with van der Waals surface area (Å²) >= 11 is 0. The average Bonchev–Trinajstić information content (AvgIpc) is 2.85. The second kappa shape index (κ2) is 63.1. The lowest BCUT2D eigenvalue weighted by Crippen LogP contribution is -2.30. The SMILES string of the molecule is CCCCCCCCCCCCCCC(=O)OC[C@H](COP(=O)(O)OC[C@@H](O)COP(=O)(O)OC[C@@H](COC(=O)CCCCCCCCCC(C)C)OC(=O)CCCCCCCCCCCCCC)OC(=O)CCCCCCCCCCCCCCCC(C)C. The molecule has 0 aromatic rings. The maximum Gasteiger partial charge on any atom is 0.472 e. The summed E-state index contributed by atoms with van der Waals surface area (Å²) in [7, 11) is -9.90. The van der Waals surface area contributed by atoms with Crippen LogP contribution in [0.15, 0.2) is 0 Å². The summed E-state index contributed by atoms with van der Waals surface area (Å²) in [6, 6.07) is 0. The predicted octanol–water partition coefficient (Wildman–Crippen LogP) is 20.4. The van der Waals surface area contributed by atoms with Crippen molar-refractivity contribution in [3.63, 3.8) is 0 Å². The third-order valence-electron chi connectivity index (χ3n) is 16.5. The van der Waals surface area contributed by atoms with Gasteiger partial charge >= 0.3 is 39.5 Å². The van der Waals surface area contributed by atoms with Gasteiger partial charge in [-0.25, -0.2) is 9.13 Å². The molecule has 17 nitrogen and oxygen atoms in total. The van der Waals surface area contributed by atoms with Gasteiger partial charge in [0.2, 0.25) is 0 Å². The van der Waals surface area contributed by atoms with E-state index >= 15 is 0 Å². The fourth-order valence-electron chi connectivity index (χ4n) is 10.8. The maximum absolute atomic E-state index is 13.0. The van der Waals surface area contributed by atoms with E-state index in [1.54, 1.807) is 0 Å². The van der Waals surface area contributed by atoms with Crippen LogP contribution in [0.25, 0.3) is 0 Å². The minimum absolute atomic E-state index is 0.107. The first kappa shape index (κ1) is 88.1. The van der Waals surface area contributed by atoms with Gasteiger partial charge in [0.25, 0.3) is 0 Å². The first-order valence-corrected chi connectivity index (χ1v) is 40.0. The number of phosphoric acid groups is 2. The van der Waals surface area contributed by atoms with Crippen molar-refractivity contribution in [2.45, 2.75) is 381 Å². The van der Waals surface area contributed by atoms with Crippen molar-refractivity contribution in [1.82, 2.24) is 0 Å². The summed E-state index contributed by atoms with van der Waals surface area (Å²) in [4.78, 5) is 72.6. The van der Waals surface area contributed by atoms with Gasteiger partial charge in [0, 0.05) is 25.7 Å². The Kier molecular flexibility index (Phi) is 61.8. The van der Waals surface area contributed by atoms with Gasteiger partial charge in [-0.1, -0.05) is 311 Å². The number of aliphatic hydroxyl groups excluding tert-OH is 1. The highest BCUT2D eigenvalue weighted by molar-refractivity contribution is 7.47. The van der Waals surface area contributed by atoms with E-state index in [9.17, 15) is 43.2 Å². The van der Waals surface area contributed by atoms with Gasteiger partial charge in [0.05, 0.1) is 26.4 Å². The number of carbonyl (C=O) groups excluding carboxylic acids is 4. The molecule has 0 aromatic carbocycles. The minimum atomic E-state index is -4.95. The summed E-state index contributed by atoms with van der Waals surface area (Å²) in [5.41, 5.74) is 0. The zero-order valence-corrected chi connectivity index (χ0v) is 60.2. The normalized spacial score (nSPS) is 14.1. The lowest BCUT2D eigenvalue weighted by Gasteiger charge is -2.21. The van der Waals surface area contributed by atoms with Crippen LogP contribution < -0.4 is 0 Å². The molecule has 2 unspecified atom stereocenters. The van der Waals surface area contributed by atoms with Crippen molar-refractivity contribution < 1.29 is 80.2 Å². The molecule has 19 heteroatoms. The summed E-state index contributed by atoms with van der Waals surface area (Å²) in [6.45, 7) is 9.52. The van der Waals surface area contributed by atoms with Crippen molar-refractivity contribution in [2.24, 2.45) is 11.8 Å². The minimum Gasteiger partial charge on any atom is -0.462 e. The highest BCUT2D eigenvalue weighted by Crippen LogP contribution is 2.45. The molecule has 534 valence electrons. The van der Waals surface area contributed by atoms with Crippen LogP contribution in [0.5, 0.6) is 0 Å². The van der Waals surface area contributed by atoms with Crippen LogP contribution in [-0.4, -0.2) is 96.7 Å². The largest absolute Gasteiger partial charge is 0.472 e. The number of esters is 4. The number of hydrogen-bond acceptors (Lipinski definition) is 15. The first-order chi connectivity index (χ1) is 43.4. The highest BCUT2D eigenvalue weighted by Gasteiger charge is 2.30. The van der Waals surface area contributed by atoms with Gasteiger partial charge < -0.3 is 33.8 Å². The van der Waals surface area contributed by atoms with Gasteiger partial charge in [-0.15, -0.1) is 0 Å². The molecule has 0 radical (unpaired) electrons. The van der Waals surface area contributed by atoms with Crippen LogP contribution in [0.4, 0.5) is 0 Å². The molecule has 0 saturated carbocycles. The fraction of sp³-hybridized carbons (Fsp3) is 0.944. The number of carbonyl (C=O) groups is 4. The molecule has 0 rings (SSSR count). The summed E-state index contributed by atoms with van der Waals surface area (Å²) in [6.07, 6.45) is 48.5. The van der Waals surface area contributed by atoms with Crippen molar-refractivity contribution in [2.75, 3.05) is 39.6 Å². The Morgan fingerprint density at radius 1 is 0.300 bits per heavy atom. The zero-order chi connectivity index (χ0) is 66.5. The van der Waals surface area contributed by atoms with E-state index in [1.807, 2.05) is 0 Å². The van der Waals surface area contributed by atoms with Crippen LogP contribution in [0.1, 0.15) is 363 Å². The van der Waals surface area contributed by atoms with Gasteiger partial charge in [-0.05, 0) is 37.5 Å². The number of ether oxygens (including phenoxy) is 4. The van der Waals surface area contributed by atoms with Crippen LogP contribution >= 0.6 is 15.6 Å². The third kappa shape index (κ3) is 64.8. The summed E-state index contributed by atoms with van der Waals surface area (Å²) in [5, 5.41) is 10.6. The van der Waals surface area contributed by atoms with Crippen molar-refractivity contribution >= 4 is 39.5 Å². The van der Waals surface area contributed by atoms with E-state index in [-0.39, 0.29) is 25.7 Å². The van der Waals surface area contributed by atoms with E-state index in [0.717, 1.165) is 102 Å². The van der Waals surface area contributed by atoms with Crippen LogP contribution in [0.2, 0.25) is 0 Å². The Balaban J connectivity index is 5.24. The van der Waals surface area contributed by atoms with E-state index in [2.05, 4.69) is 41.5 Å². The molecule has 0 aliphatic heterocycles. The molecule has 0 aromatic heterocycles. The second-order valence-corrected chi connectivity index (χ2v) is 29.5. The Morgan fingerprint density at radius 3 is 0.756 bits per heavy atom. The Hall–Kier alpha value is -1.94. The molecular formula is C71H138O17P2. The number of unbranched alkanes of at least 4 members (excludes halogenated alkanes) is 40. The van der Waals surface area contributed by atoms with E-state index in [1.165, 1.54) is 173 Å². The van der Waals surface area contributed by atoms with E-state index < -0.39 is 97.5 Å². The molecular weight excluding hydrogens is 1190 g/mol. The van der Waals surface area contributed by atoms with Gasteiger partial charge in [-0.2, -0.15) is 0 Å². The summed E-state index contributed by atoms with van der Waals surface area (Å²) < 4.78 is 68.3. The monoisotopic (exact) mass is 1320 g/mol. The number of aliphatic hydroxyl groups is 1. The Labute approximate surface area is 549 Å². The second-order valence-electron chi connectivity index (χ2n) is 26.6. The van der Waals surface area contributed by atoms with Crippen LogP contribution in [0.3, 0.4) is 0 Å². The fourth-order valence-corrected chi connectivity index (χ4v) is 12.3. The molecule has 0 saturated heterocycles. The molecule has 0 spiro atoms. The van der Waals surface area contributed by atoms with Gasteiger partial charge in [0.1, 0.15) is 19.3 Å². The third-order valence-corrected chi connectivity index (χ3v) is 18.4. The lowest BCUT2D eigenvalue weighted by molar-refractivity contribution is -0.161. The Bertz CT molecular complexity index is 1750. The lowest BCUT2D eigenvalue weighted by atomic mass is 10.0. The van der Waals surface area contributed by atoms with Gasteiger partial charge in [0.15, 0.2) is 12.2 Å². The smallest absolute Gasteiger partial charge is 0.462 e. The summed E-state index contributed by atoms with van der Waals surface area (Å²) in [5.74, 6) is -0.629. The maximum atomic E-state index is 13.0. The van der Waals surface area contributed by atoms with Crippen molar-refractivity contribution in [3.05, 3.63) is 0 Å². The first-order valence-electron chi connectivity index (χ1n) is 37.0. The molecule has 0 fully saturated rings. The number of phosphoric ester groups is 2. The molecule has 0 heterocycles. The molecule has 0 amide bonds. The molecule has 3 N–H and O–H groups in total. The zero-order valence-electron chi connectivity index (χ0n) is 58.4. The Morgan fingerprint density at radius 2 is 0.511 bits per heavy atom. The topological polar surface area (TPSA) is 237 Å². The van der Waals surface area contributed by atoms with Crippen LogP contribution in [0, 0.1) is 11.8 Å². The van der Waals surface area contributed by atoms with Crippen LogP contribution in [-0.2, 0) is 65.4 Å². The predicted molar refractivity (Wildman–Crippen MR) is 363 cm³/mol. The molecule has 5 atom stereocenters. The van der Waals surface area contributed by atoms with E-state index in [0.29, 0.717) is 31.6 Å². The molecule has 0 aliphatic rings. The quantitative estimate of drug-likeness (QED) is 0.0222. The average molecular weight is 1330 g/mol. The number of rotatable bonds is 70. The highest BCUT2D eigenvalue weighted by atomic mass is 31.2. The van der Waals surface area contributed by atoms with Crippen molar-refractivity contribution in [3.8, 4) is 0 Å². The van der Waals surface area contributed by atoms with Crippen molar-refractivity contribution in [1.29, 1.82) is 0 Å². The number of hydrogen-bond donors (Lipinski definition) is 3. The van der Waals surface area contributed by atoms with Gasteiger partial charge in [-0.3, -0.25) is 37.3 Å². The molecule has 90 heavy (non-hydrogen) atoms. The molecule has 0 bridgehead atoms. The standard InChI is InChI=1S/C71H138O17P2/c1-7-9-11-13-15-17-19-25-29-35-41-47-53-68(73)81-59-66(87-71(76)56-50-44-37-31-27-23-21-22-24-28-33-39-45-51-63(3)4)61-85-89(77,78)83-57-65(72)58-84-90(79,80)86-62-67(60-82-69(74)54-48-42-38-32-34-40-46-52-64(5)6)88-70(75)55-49-43-36-30-26-20-18-16-14-12-10-8-2/h63-67,72H,7-62H2,1-6H3,(H,77,78)(H,79,80)/t65-,66-,67-/m1/s1. The van der Waals surface area contributed by atoms with E-state index in [4.69, 9.17) is 37.0 Å². The molecule has 0 aliphatic carbocycles.